The normalized spacial score (nSPS) is 21.7. The second-order valence-electron chi connectivity index (χ2n) is 20.7. The van der Waals surface area contributed by atoms with Gasteiger partial charge in [-0.05, 0) is 110 Å². The molecule has 0 aliphatic carbocycles. The van der Waals surface area contributed by atoms with Crippen LogP contribution in [0, 0.1) is 23.5 Å². The Morgan fingerprint density at radius 3 is 1.37 bits per heavy atom. The summed E-state index contributed by atoms with van der Waals surface area (Å²) in [6, 6.07) is 15.7. The summed E-state index contributed by atoms with van der Waals surface area (Å²) >= 11 is 0. The monoisotopic (exact) mass is 1000 g/mol. The molecule has 0 aromatic heterocycles. The van der Waals surface area contributed by atoms with Crippen LogP contribution in [0.2, 0.25) is 25.2 Å². The fourth-order valence-electron chi connectivity index (χ4n) is 10.6. The van der Waals surface area contributed by atoms with E-state index in [2.05, 4.69) is 34.4 Å². The number of carbonyl (C=O) groups is 6. The zero-order chi connectivity index (χ0) is 51.3. The first-order chi connectivity index (χ1) is 33.8. The Kier molecular flexibility index (Phi) is 16.6. The topological polar surface area (TPSA) is 182 Å². The summed E-state index contributed by atoms with van der Waals surface area (Å²) in [4.78, 5) is 85.7. The van der Waals surface area contributed by atoms with Gasteiger partial charge in [0, 0.05) is 43.2 Å². The molecule has 4 saturated heterocycles. The lowest BCUT2D eigenvalue weighted by atomic mass is 10.0. The van der Waals surface area contributed by atoms with Crippen LogP contribution in [0.1, 0.15) is 89.4 Å². The predicted molar refractivity (Wildman–Crippen MR) is 271 cm³/mol. The highest BCUT2D eigenvalue weighted by molar-refractivity contribution is 6.77. The number of hydrogen-bond acceptors (Lipinski definition) is 10. The quantitative estimate of drug-likeness (QED) is 0.115. The zero-order valence-electron chi connectivity index (χ0n) is 42.2. The van der Waals surface area contributed by atoms with E-state index >= 15 is 8.78 Å². The van der Waals surface area contributed by atoms with Gasteiger partial charge in [-0.25, -0.2) is 18.4 Å². The van der Waals surface area contributed by atoms with Crippen molar-refractivity contribution in [1.82, 2.24) is 20.4 Å². The van der Waals surface area contributed by atoms with E-state index in [1.165, 1.54) is 36.2 Å². The average molecular weight is 1000 g/mol. The van der Waals surface area contributed by atoms with Crippen molar-refractivity contribution in [2.24, 2.45) is 11.8 Å². The number of hydrogen-bond donors (Lipinski definition) is 4. The number of alkyl carbamates (subject to hydrolysis) is 2. The molecule has 4 heterocycles. The molecule has 4 N–H and O–H groups in total. The molecule has 71 heavy (non-hydrogen) atoms. The molecule has 19 heteroatoms. The summed E-state index contributed by atoms with van der Waals surface area (Å²) in [6.07, 6.45) is 1.99. The van der Waals surface area contributed by atoms with Gasteiger partial charge in [-0.3, -0.25) is 19.2 Å². The van der Waals surface area contributed by atoms with Crippen LogP contribution in [0.4, 0.5) is 41.1 Å². The second kappa shape index (κ2) is 22.5. The van der Waals surface area contributed by atoms with E-state index in [-0.39, 0.29) is 53.2 Å². The lowest BCUT2D eigenvalue weighted by molar-refractivity contribution is -0.139. The number of methoxy groups -OCH3 is 2. The smallest absolute Gasteiger partial charge is 0.407 e. The van der Waals surface area contributed by atoms with E-state index in [1.54, 1.807) is 24.3 Å². The first-order valence-electron chi connectivity index (χ1n) is 24.9. The van der Waals surface area contributed by atoms with Gasteiger partial charge in [0.1, 0.15) is 29.9 Å². The Morgan fingerprint density at radius 1 is 0.606 bits per heavy atom. The van der Waals surface area contributed by atoms with Crippen molar-refractivity contribution in [3.8, 4) is 0 Å². The van der Waals surface area contributed by atoms with Crippen molar-refractivity contribution >= 4 is 66.6 Å². The minimum Gasteiger partial charge on any atom is -0.453 e. The van der Waals surface area contributed by atoms with E-state index < -0.39 is 56.1 Å². The minimum absolute atomic E-state index is 0.00491. The first-order valence-corrected chi connectivity index (χ1v) is 28.4. The molecule has 6 amide bonds. The molecule has 4 aliphatic heterocycles. The first kappa shape index (κ1) is 52.6. The van der Waals surface area contributed by atoms with Gasteiger partial charge in [-0.1, -0.05) is 65.1 Å². The second-order valence-corrected chi connectivity index (χ2v) is 26.1. The fraction of sp³-hybridized carbons (Fsp3) is 0.538. The molecule has 0 unspecified atom stereocenters. The van der Waals surface area contributed by atoms with Crippen LogP contribution in [0.25, 0.3) is 0 Å². The maximum absolute atomic E-state index is 16.4. The Hall–Kier alpha value is -6.24. The molecule has 0 radical (unpaired) electrons. The SMILES string of the molecule is COC(=O)N[C@H](C(=O)N1CCC[C@H]1C(=O)Nc1ccc([C@H]2CC[C@H](c3ccc(NC(=O)[C@@H]4CCCN4C(=O)[C@@H](NC(=O)OC)C(C)C)cc3)N2c2cc(F)c(N3CC[Si](C)(C)CC3)c(F)c2)cc1)C(C)C. The number of amides is 6. The molecule has 384 valence electrons. The van der Waals surface area contributed by atoms with E-state index in [4.69, 9.17) is 9.47 Å². The molecule has 4 fully saturated rings. The Labute approximate surface area is 416 Å². The number of rotatable bonds is 14. The highest BCUT2D eigenvalue weighted by atomic mass is 28.3. The van der Waals surface area contributed by atoms with Gasteiger partial charge < -0.3 is 50.3 Å². The molecule has 0 saturated carbocycles. The minimum atomic E-state index is -1.42. The number of anilines is 4. The van der Waals surface area contributed by atoms with E-state index in [1.807, 2.05) is 61.8 Å². The van der Waals surface area contributed by atoms with Gasteiger partial charge in [0.25, 0.3) is 0 Å². The van der Waals surface area contributed by atoms with Crippen molar-refractivity contribution < 1.29 is 47.0 Å². The van der Waals surface area contributed by atoms with Gasteiger partial charge in [0.05, 0.1) is 34.4 Å². The number of nitrogens with zero attached hydrogens (tertiary/aromatic N) is 4. The molecule has 6 atom stereocenters. The Bertz CT molecular complexity index is 2280. The van der Waals surface area contributed by atoms with Crippen LogP contribution in [-0.2, 0) is 28.7 Å². The number of nitrogens with one attached hydrogen (secondary N) is 4. The third kappa shape index (κ3) is 11.9. The molecule has 4 aliphatic rings. The van der Waals surface area contributed by atoms with Gasteiger partial charge in [-0.15, -0.1) is 0 Å². The number of carbonyl (C=O) groups excluding carboxylic acids is 6. The van der Waals surface area contributed by atoms with Crippen LogP contribution >= 0.6 is 0 Å². The molecular weight excluding hydrogens is 931 g/mol. The van der Waals surface area contributed by atoms with Crippen LogP contribution in [0.3, 0.4) is 0 Å². The van der Waals surface area contributed by atoms with Crippen LogP contribution in [0.15, 0.2) is 60.7 Å². The molecule has 0 spiro atoms. The van der Waals surface area contributed by atoms with Crippen LogP contribution < -0.4 is 31.1 Å². The molecule has 3 aromatic rings. The summed E-state index contributed by atoms with van der Waals surface area (Å²) in [5.41, 5.74) is 3.15. The number of likely N-dealkylation sites (tertiary alicyclic amines) is 2. The maximum Gasteiger partial charge on any atom is 0.407 e. The summed E-state index contributed by atoms with van der Waals surface area (Å²) in [6.45, 7) is 13.8. The van der Waals surface area contributed by atoms with Crippen LogP contribution in [0.5, 0.6) is 0 Å². The summed E-state index contributed by atoms with van der Waals surface area (Å²) < 4.78 is 42.3. The van der Waals surface area contributed by atoms with Crippen molar-refractivity contribution in [1.29, 1.82) is 0 Å². The third-order valence-electron chi connectivity index (χ3n) is 14.7. The largest absolute Gasteiger partial charge is 0.453 e. The molecule has 0 bridgehead atoms. The van der Waals surface area contributed by atoms with Crippen molar-refractivity contribution in [2.45, 2.75) is 128 Å². The standard InChI is InChI=1S/C52H70F2N8O8Si/c1-31(2)44(57-51(67)69-5)49(65)60-23-9-11-42(60)47(63)55-35-17-13-33(14-18-35)40-21-22-41(62(40)37-29-38(53)46(39(54)30-37)59-25-27-71(7,8)28-26-59)34-15-19-36(20-16-34)56-48(64)43-12-10-24-61(43)50(66)45(32(3)4)58-52(68)70-6/h13-20,29-32,40-45H,9-12,21-28H2,1-8H3,(H,55,63)(H,56,64)(H,57,67)(H,58,68)/t40-,41-,42+,43+,44+,45+/m1/s1. The van der Waals surface area contributed by atoms with E-state index in [9.17, 15) is 28.8 Å². The van der Waals surface area contributed by atoms with Gasteiger partial charge in [0.15, 0.2) is 11.6 Å². The predicted octanol–water partition coefficient (Wildman–Crippen LogP) is 8.20. The highest BCUT2D eigenvalue weighted by Crippen LogP contribution is 2.48. The van der Waals surface area contributed by atoms with Gasteiger partial charge in [-0.2, -0.15) is 0 Å². The van der Waals surface area contributed by atoms with Gasteiger partial charge in [0.2, 0.25) is 23.6 Å². The zero-order valence-corrected chi connectivity index (χ0v) is 43.2. The fourth-order valence-corrected chi connectivity index (χ4v) is 12.6. The maximum atomic E-state index is 16.4. The molecule has 16 nitrogen and oxygen atoms in total. The van der Waals surface area contributed by atoms with Crippen molar-refractivity contribution in [3.05, 3.63) is 83.4 Å². The van der Waals surface area contributed by atoms with Crippen LogP contribution in [-0.4, -0.2) is 118 Å². The lowest BCUT2D eigenvalue weighted by Gasteiger charge is -2.38. The number of halogens is 2. The summed E-state index contributed by atoms with van der Waals surface area (Å²) in [5.74, 6) is -3.14. The molecule has 7 rings (SSSR count). The number of benzene rings is 3. The molecular formula is C52H70F2N8O8Si. The molecule has 3 aromatic carbocycles. The Morgan fingerprint density at radius 2 is 1.00 bits per heavy atom. The van der Waals surface area contributed by atoms with E-state index in [0.717, 1.165) is 23.2 Å². The van der Waals surface area contributed by atoms with Crippen molar-refractivity contribution in [3.63, 3.8) is 0 Å². The van der Waals surface area contributed by atoms with Crippen molar-refractivity contribution in [2.75, 3.05) is 60.8 Å². The number of ether oxygens (including phenoxy) is 2. The van der Waals surface area contributed by atoms with E-state index in [0.29, 0.717) is 81.8 Å². The van der Waals surface area contributed by atoms with Gasteiger partial charge >= 0.3 is 12.2 Å². The third-order valence-corrected chi connectivity index (χ3v) is 17.9. The average Bonchev–Trinajstić information content (AvgIpc) is 4.14. The summed E-state index contributed by atoms with van der Waals surface area (Å²) in [5, 5.41) is 11.2. The lowest BCUT2D eigenvalue weighted by Crippen LogP contribution is -2.54. The highest BCUT2D eigenvalue weighted by Gasteiger charge is 2.42. The Balaban J connectivity index is 1.11. The summed E-state index contributed by atoms with van der Waals surface area (Å²) in [7, 11) is 1.04.